The lowest BCUT2D eigenvalue weighted by atomic mass is 9.82. The molecule has 4 nitrogen and oxygen atoms in total. The zero-order chi connectivity index (χ0) is 10.6. The number of nitrogens with two attached hydrogens (primary N) is 1. The second-order valence-electron chi connectivity index (χ2n) is 4.04. The minimum atomic E-state index is -1.01. The third-order valence-corrected chi connectivity index (χ3v) is 2.03. The van der Waals surface area contributed by atoms with Crippen LogP contribution in [0.3, 0.4) is 0 Å². The lowest BCUT2D eigenvalue weighted by Gasteiger charge is -2.22. The van der Waals surface area contributed by atoms with Gasteiger partial charge in [0, 0.05) is 0 Å². The first kappa shape index (κ1) is 11.9. The number of nitriles is 1. The Morgan fingerprint density at radius 3 is 2.46 bits per heavy atom. The van der Waals surface area contributed by atoms with Crippen molar-refractivity contribution in [3.63, 3.8) is 0 Å². The van der Waals surface area contributed by atoms with Gasteiger partial charge in [-0.3, -0.25) is 4.79 Å². The number of carboxylic acids is 1. The van der Waals surface area contributed by atoms with Crippen molar-refractivity contribution in [2.24, 2.45) is 17.1 Å². The minimum absolute atomic E-state index is 0.188. The second kappa shape index (κ2) is 4.24. The van der Waals surface area contributed by atoms with Gasteiger partial charge in [-0.1, -0.05) is 6.92 Å². The number of carboxylic acid groups (broad SMARTS) is 1. The first-order valence-corrected chi connectivity index (χ1v) is 4.20. The molecule has 0 spiro atoms. The van der Waals surface area contributed by atoms with Gasteiger partial charge in [-0.05, 0) is 26.2 Å². The third kappa shape index (κ3) is 3.90. The van der Waals surface area contributed by atoms with Crippen LogP contribution in [0.5, 0.6) is 0 Å². The lowest BCUT2D eigenvalue weighted by Crippen LogP contribution is -2.38. The summed E-state index contributed by atoms with van der Waals surface area (Å²) in [6.45, 7) is 5.30. The van der Waals surface area contributed by atoms with Crippen LogP contribution in [0.1, 0.15) is 27.2 Å². The van der Waals surface area contributed by atoms with Crippen molar-refractivity contribution in [2.75, 3.05) is 0 Å². The van der Waals surface area contributed by atoms with Crippen LogP contribution in [-0.4, -0.2) is 17.1 Å². The van der Waals surface area contributed by atoms with E-state index >= 15 is 0 Å². The molecular formula is C9H16N2O2. The van der Waals surface area contributed by atoms with E-state index in [1.807, 2.05) is 0 Å². The highest BCUT2D eigenvalue weighted by Gasteiger charge is 2.27. The molecular weight excluding hydrogens is 168 g/mol. The van der Waals surface area contributed by atoms with Crippen LogP contribution < -0.4 is 5.73 Å². The molecule has 3 N–H and O–H groups in total. The number of carbonyl (C=O) groups is 1. The van der Waals surface area contributed by atoms with E-state index in [0.29, 0.717) is 6.42 Å². The standard InChI is InChI=1S/C9H16N2O2/c1-6(7(11)8(12)13)4-9(2,3)5-10/h6-7H,4,11H2,1-3H3,(H,12,13). The van der Waals surface area contributed by atoms with Crippen molar-refractivity contribution in [3.05, 3.63) is 0 Å². The molecule has 0 rings (SSSR count). The Hall–Kier alpha value is -1.08. The van der Waals surface area contributed by atoms with E-state index in [0.717, 1.165) is 0 Å². The molecule has 0 amide bonds. The summed E-state index contributed by atoms with van der Waals surface area (Å²) in [6.07, 6.45) is 0.497. The summed E-state index contributed by atoms with van der Waals surface area (Å²) < 4.78 is 0. The van der Waals surface area contributed by atoms with E-state index < -0.39 is 17.4 Å². The molecule has 0 aromatic heterocycles. The van der Waals surface area contributed by atoms with Gasteiger partial charge < -0.3 is 10.8 Å². The van der Waals surface area contributed by atoms with Gasteiger partial charge in [-0.25, -0.2) is 0 Å². The van der Waals surface area contributed by atoms with Gasteiger partial charge in [0.1, 0.15) is 6.04 Å². The van der Waals surface area contributed by atoms with Crippen molar-refractivity contribution in [3.8, 4) is 6.07 Å². The lowest BCUT2D eigenvalue weighted by molar-refractivity contribution is -0.139. The summed E-state index contributed by atoms with van der Waals surface area (Å²) in [7, 11) is 0. The maximum atomic E-state index is 10.5. The molecule has 0 bridgehead atoms. The van der Waals surface area contributed by atoms with Crippen LogP contribution >= 0.6 is 0 Å². The van der Waals surface area contributed by atoms with Gasteiger partial charge in [-0.15, -0.1) is 0 Å². The molecule has 0 radical (unpaired) electrons. The molecule has 0 heterocycles. The van der Waals surface area contributed by atoms with Gasteiger partial charge >= 0.3 is 5.97 Å². The fourth-order valence-electron chi connectivity index (χ4n) is 1.22. The fourth-order valence-corrected chi connectivity index (χ4v) is 1.22. The highest BCUT2D eigenvalue weighted by atomic mass is 16.4. The number of hydrogen-bond acceptors (Lipinski definition) is 3. The summed E-state index contributed by atoms with van der Waals surface area (Å²) >= 11 is 0. The number of rotatable bonds is 4. The zero-order valence-corrected chi connectivity index (χ0v) is 8.24. The van der Waals surface area contributed by atoms with E-state index in [1.54, 1.807) is 20.8 Å². The SMILES string of the molecule is CC(CC(C)(C)C#N)C(N)C(=O)O. The molecule has 4 heteroatoms. The zero-order valence-electron chi connectivity index (χ0n) is 8.24. The molecule has 0 saturated heterocycles. The Morgan fingerprint density at radius 2 is 2.15 bits per heavy atom. The van der Waals surface area contributed by atoms with Gasteiger partial charge in [0.15, 0.2) is 0 Å². The minimum Gasteiger partial charge on any atom is -0.480 e. The van der Waals surface area contributed by atoms with Gasteiger partial charge in [0.2, 0.25) is 0 Å². The van der Waals surface area contributed by atoms with Gasteiger partial charge in [-0.2, -0.15) is 5.26 Å². The number of nitrogens with zero attached hydrogens (tertiary/aromatic N) is 1. The molecule has 0 saturated carbocycles. The van der Waals surface area contributed by atoms with Crippen LogP contribution in [-0.2, 0) is 4.79 Å². The predicted octanol–water partition coefficient (Wildman–Crippen LogP) is 0.974. The van der Waals surface area contributed by atoms with E-state index in [4.69, 9.17) is 16.1 Å². The molecule has 0 aliphatic carbocycles. The topological polar surface area (TPSA) is 87.1 Å². The van der Waals surface area contributed by atoms with E-state index in [-0.39, 0.29) is 5.92 Å². The fraction of sp³-hybridized carbons (Fsp3) is 0.778. The molecule has 0 fully saturated rings. The molecule has 0 aromatic carbocycles. The predicted molar refractivity (Wildman–Crippen MR) is 48.8 cm³/mol. The normalized spacial score (nSPS) is 15.9. The van der Waals surface area contributed by atoms with Gasteiger partial charge in [0.05, 0.1) is 11.5 Å². The van der Waals surface area contributed by atoms with E-state index in [9.17, 15) is 4.79 Å². The van der Waals surface area contributed by atoms with Crippen LogP contribution in [0.25, 0.3) is 0 Å². The highest BCUT2D eigenvalue weighted by Crippen LogP contribution is 2.25. The first-order chi connectivity index (χ1) is 5.80. The molecule has 0 aliphatic heterocycles. The van der Waals surface area contributed by atoms with Crippen LogP contribution in [0, 0.1) is 22.7 Å². The summed E-state index contributed by atoms with van der Waals surface area (Å²) in [5.74, 6) is -1.20. The highest BCUT2D eigenvalue weighted by molar-refractivity contribution is 5.73. The summed E-state index contributed by atoms with van der Waals surface area (Å²) in [5, 5.41) is 17.3. The molecule has 74 valence electrons. The molecule has 2 atom stereocenters. The smallest absolute Gasteiger partial charge is 0.320 e. The Morgan fingerprint density at radius 1 is 1.69 bits per heavy atom. The maximum absolute atomic E-state index is 10.5. The van der Waals surface area contributed by atoms with Crippen molar-refractivity contribution in [2.45, 2.75) is 33.2 Å². The van der Waals surface area contributed by atoms with E-state index in [1.165, 1.54) is 0 Å². The Balaban J connectivity index is 4.24. The Bertz CT molecular complexity index is 230. The maximum Gasteiger partial charge on any atom is 0.320 e. The Labute approximate surface area is 78.3 Å². The first-order valence-electron chi connectivity index (χ1n) is 4.20. The van der Waals surface area contributed by atoms with Crippen molar-refractivity contribution < 1.29 is 9.90 Å². The quantitative estimate of drug-likeness (QED) is 0.681. The van der Waals surface area contributed by atoms with E-state index in [2.05, 4.69) is 6.07 Å². The molecule has 13 heavy (non-hydrogen) atoms. The van der Waals surface area contributed by atoms with Crippen LogP contribution in [0.4, 0.5) is 0 Å². The Kier molecular flexibility index (Phi) is 3.89. The average molecular weight is 184 g/mol. The number of aliphatic carboxylic acids is 1. The van der Waals surface area contributed by atoms with Crippen molar-refractivity contribution >= 4 is 5.97 Å². The molecule has 0 aromatic rings. The van der Waals surface area contributed by atoms with Crippen LogP contribution in [0.15, 0.2) is 0 Å². The largest absolute Gasteiger partial charge is 0.480 e. The van der Waals surface area contributed by atoms with Crippen molar-refractivity contribution in [1.82, 2.24) is 0 Å². The van der Waals surface area contributed by atoms with Crippen molar-refractivity contribution in [1.29, 1.82) is 5.26 Å². The monoisotopic (exact) mass is 184 g/mol. The third-order valence-electron chi connectivity index (χ3n) is 2.03. The summed E-state index contributed by atoms with van der Waals surface area (Å²) in [4.78, 5) is 10.5. The molecule has 0 aliphatic rings. The van der Waals surface area contributed by atoms with Gasteiger partial charge in [0.25, 0.3) is 0 Å². The summed E-state index contributed by atoms with van der Waals surface area (Å²) in [5.41, 5.74) is 4.91. The molecule has 2 unspecified atom stereocenters. The second-order valence-corrected chi connectivity index (χ2v) is 4.04. The average Bonchev–Trinajstić information content (AvgIpc) is 2.02. The summed E-state index contributed by atoms with van der Waals surface area (Å²) in [6, 6.07) is 1.24. The van der Waals surface area contributed by atoms with Crippen LogP contribution in [0.2, 0.25) is 0 Å². The number of hydrogen-bond donors (Lipinski definition) is 2.